The summed E-state index contributed by atoms with van der Waals surface area (Å²) < 4.78 is 0. The molecule has 0 atom stereocenters. The van der Waals surface area contributed by atoms with Gasteiger partial charge in [-0.15, -0.1) is 11.3 Å². The summed E-state index contributed by atoms with van der Waals surface area (Å²) in [4.78, 5) is 23.1. The van der Waals surface area contributed by atoms with Crippen LogP contribution in [0.25, 0.3) is 10.6 Å². The van der Waals surface area contributed by atoms with Crippen LogP contribution < -0.4 is 5.32 Å². The molecule has 0 spiro atoms. The molecule has 3 heterocycles. The summed E-state index contributed by atoms with van der Waals surface area (Å²) in [5.74, 6) is 0.886. The Morgan fingerprint density at radius 3 is 2.96 bits per heavy atom. The summed E-state index contributed by atoms with van der Waals surface area (Å²) in [6.45, 7) is 2.78. The second kappa shape index (κ2) is 7.66. The van der Waals surface area contributed by atoms with Gasteiger partial charge in [0.1, 0.15) is 5.01 Å². The highest BCUT2D eigenvalue weighted by Crippen LogP contribution is 2.23. The van der Waals surface area contributed by atoms with Crippen LogP contribution >= 0.6 is 11.3 Å². The molecule has 1 aliphatic rings. The molecule has 23 heavy (non-hydrogen) atoms. The average molecular weight is 330 g/mol. The number of carbonyl (C=O) groups is 1. The highest BCUT2D eigenvalue weighted by atomic mass is 32.1. The molecule has 1 fully saturated rings. The zero-order chi connectivity index (χ0) is 16.1. The van der Waals surface area contributed by atoms with E-state index in [2.05, 4.69) is 15.3 Å². The number of hydrogen-bond donors (Lipinski definition) is 1. The topological polar surface area (TPSA) is 58.1 Å². The number of nitrogens with zero attached hydrogens (tertiary/aromatic N) is 3. The van der Waals surface area contributed by atoms with Crippen LogP contribution in [0.2, 0.25) is 0 Å². The molecule has 2 aromatic heterocycles. The number of amides is 1. The van der Waals surface area contributed by atoms with Crippen LogP contribution in [-0.2, 0) is 11.2 Å². The highest BCUT2D eigenvalue weighted by Gasteiger charge is 2.23. The third-order valence-electron chi connectivity index (χ3n) is 4.25. The van der Waals surface area contributed by atoms with Crippen LogP contribution in [0.5, 0.6) is 0 Å². The normalized spacial score (nSPS) is 15.8. The van der Waals surface area contributed by atoms with Gasteiger partial charge in [0.15, 0.2) is 0 Å². The first-order chi connectivity index (χ1) is 11.3. The lowest BCUT2D eigenvalue weighted by atomic mass is 9.96. The van der Waals surface area contributed by atoms with E-state index in [1.165, 1.54) is 0 Å². The number of pyridine rings is 1. The molecule has 0 aliphatic carbocycles. The highest BCUT2D eigenvalue weighted by molar-refractivity contribution is 7.13. The number of likely N-dealkylation sites (tertiary alicyclic amines) is 1. The molecule has 1 saturated heterocycles. The minimum absolute atomic E-state index is 0.191. The van der Waals surface area contributed by atoms with Crippen molar-refractivity contribution >= 4 is 17.2 Å². The van der Waals surface area contributed by atoms with Crippen molar-refractivity contribution in [2.24, 2.45) is 5.92 Å². The zero-order valence-corrected chi connectivity index (χ0v) is 14.2. The van der Waals surface area contributed by atoms with Crippen molar-refractivity contribution < 1.29 is 4.79 Å². The summed E-state index contributed by atoms with van der Waals surface area (Å²) in [6.07, 6.45) is 6.12. The Bertz CT molecular complexity index is 635. The Morgan fingerprint density at radius 1 is 1.43 bits per heavy atom. The number of aromatic nitrogens is 2. The largest absolute Gasteiger partial charge is 0.342 e. The smallest absolute Gasteiger partial charge is 0.228 e. The van der Waals surface area contributed by atoms with Crippen molar-refractivity contribution in [2.45, 2.75) is 19.3 Å². The number of nitrogens with one attached hydrogen (secondary N) is 1. The van der Waals surface area contributed by atoms with Crippen LogP contribution in [0.4, 0.5) is 0 Å². The Hall–Kier alpha value is -1.79. The van der Waals surface area contributed by atoms with Gasteiger partial charge in [-0.05, 0) is 44.5 Å². The predicted octanol–water partition coefficient (Wildman–Crippen LogP) is 2.21. The van der Waals surface area contributed by atoms with Crippen LogP contribution in [-0.4, -0.2) is 47.5 Å². The number of thiazole rings is 1. The molecule has 0 bridgehead atoms. The van der Waals surface area contributed by atoms with Crippen molar-refractivity contribution in [2.75, 3.05) is 26.7 Å². The molecule has 2 aromatic rings. The summed E-state index contributed by atoms with van der Waals surface area (Å²) in [6, 6.07) is 3.89. The van der Waals surface area contributed by atoms with Gasteiger partial charge in [-0.1, -0.05) is 0 Å². The first kappa shape index (κ1) is 16.1. The Balaban J connectivity index is 1.56. The van der Waals surface area contributed by atoms with Gasteiger partial charge in [0.2, 0.25) is 5.91 Å². The number of piperidine rings is 1. The van der Waals surface area contributed by atoms with Gasteiger partial charge in [-0.3, -0.25) is 9.78 Å². The van der Waals surface area contributed by atoms with Gasteiger partial charge >= 0.3 is 0 Å². The van der Waals surface area contributed by atoms with Crippen molar-refractivity contribution in [1.29, 1.82) is 0 Å². The molecule has 122 valence electrons. The molecule has 5 nitrogen and oxygen atoms in total. The zero-order valence-electron chi connectivity index (χ0n) is 13.4. The van der Waals surface area contributed by atoms with E-state index in [0.717, 1.165) is 48.7 Å². The van der Waals surface area contributed by atoms with Gasteiger partial charge in [0.05, 0.1) is 12.1 Å². The van der Waals surface area contributed by atoms with Crippen LogP contribution in [0.15, 0.2) is 29.9 Å². The lowest BCUT2D eigenvalue weighted by molar-refractivity contribution is -0.131. The van der Waals surface area contributed by atoms with Crippen molar-refractivity contribution in [3.05, 3.63) is 35.6 Å². The number of carbonyl (C=O) groups excluding carboxylic acids is 1. The van der Waals surface area contributed by atoms with E-state index >= 15 is 0 Å². The fraction of sp³-hybridized carbons (Fsp3) is 0.471. The summed E-state index contributed by atoms with van der Waals surface area (Å²) in [5.41, 5.74) is 1.86. The van der Waals surface area contributed by atoms with Gasteiger partial charge in [0, 0.05) is 36.4 Å². The first-order valence-electron chi connectivity index (χ1n) is 8.03. The molecule has 0 radical (unpaired) electrons. The second-order valence-corrected chi connectivity index (χ2v) is 6.80. The minimum atomic E-state index is 0.191. The molecule has 1 amide bonds. The predicted molar refractivity (Wildman–Crippen MR) is 92.3 cm³/mol. The molecular weight excluding hydrogens is 308 g/mol. The average Bonchev–Trinajstić information content (AvgIpc) is 3.05. The van der Waals surface area contributed by atoms with E-state index in [1.807, 2.05) is 29.5 Å². The maximum atomic E-state index is 12.4. The lowest BCUT2D eigenvalue weighted by Gasteiger charge is -2.31. The van der Waals surface area contributed by atoms with E-state index in [0.29, 0.717) is 12.3 Å². The minimum Gasteiger partial charge on any atom is -0.342 e. The van der Waals surface area contributed by atoms with E-state index in [9.17, 15) is 4.79 Å². The Labute approximate surface area is 140 Å². The third kappa shape index (κ3) is 4.14. The Morgan fingerprint density at radius 2 is 2.26 bits per heavy atom. The summed E-state index contributed by atoms with van der Waals surface area (Å²) in [5, 5.41) is 6.13. The molecule has 3 rings (SSSR count). The van der Waals surface area contributed by atoms with Gasteiger partial charge in [-0.2, -0.15) is 0 Å². The monoisotopic (exact) mass is 330 g/mol. The third-order valence-corrected chi connectivity index (χ3v) is 5.19. The SMILES string of the molecule is CNCC1CCN(C(=O)Cc2csc(-c3cccnc3)n2)CC1. The summed E-state index contributed by atoms with van der Waals surface area (Å²) in [7, 11) is 1.99. The number of hydrogen-bond acceptors (Lipinski definition) is 5. The molecule has 1 aliphatic heterocycles. The molecule has 6 heteroatoms. The first-order valence-corrected chi connectivity index (χ1v) is 8.91. The number of rotatable bonds is 5. The van der Waals surface area contributed by atoms with Crippen molar-refractivity contribution in [1.82, 2.24) is 20.2 Å². The van der Waals surface area contributed by atoms with E-state index in [4.69, 9.17) is 0 Å². The van der Waals surface area contributed by atoms with Crippen LogP contribution in [0.3, 0.4) is 0 Å². The lowest BCUT2D eigenvalue weighted by Crippen LogP contribution is -2.41. The molecule has 0 unspecified atom stereocenters. The molecule has 0 saturated carbocycles. The van der Waals surface area contributed by atoms with Gasteiger partial charge < -0.3 is 10.2 Å². The van der Waals surface area contributed by atoms with Crippen LogP contribution in [0.1, 0.15) is 18.5 Å². The van der Waals surface area contributed by atoms with Gasteiger partial charge in [-0.25, -0.2) is 4.98 Å². The maximum Gasteiger partial charge on any atom is 0.228 e. The van der Waals surface area contributed by atoms with Gasteiger partial charge in [0.25, 0.3) is 0 Å². The summed E-state index contributed by atoms with van der Waals surface area (Å²) >= 11 is 1.57. The van der Waals surface area contributed by atoms with Crippen molar-refractivity contribution in [3.63, 3.8) is 0 Å². The fourth-order valence-electron chi connectivity index (χ4n) is 2.95. The molecular formula is C17H22N4OS. The van der Waals surface area contributed by atoms with Crippen molar-refractivity contribution in [3.8, 4) is 10.6 Å². The van der Waals surface area contributed by atoms with Crippen LogP contribution in [0, 0.1) is 5.92 Å². The van der Waals surface area contributed by atoms with E-state index in [-0.39, 0.29) is 5.91 Å². The molecule has 1 N–H and O–H groups in total. The standard InChI is InChI=1S/C17H22N4OS/c1-18-10-13-4-7-21(8-5-13)16(22)9-15-12-23-17(20-15)14-3-2-6-19-11-14/h2-3,6,11-13,18H,4-5,7-10H2,1H3. The molecule has 0 aromatic carbocycles. The second-order valence-electron chi connectivity index (χ2n) is 5.94. The van der Waals surface area contributed by atoms with E-state index in [1.54, 1.807) is 23.7 Å². The maximum absolute atomic E-state index is 12.4. The quantitative estimate of drug-likeness (QED) is 0.913. The van der Waals surface area contributed by atoms with E-state index < -0.39 is 0 Å². The fourth-order valence-corrected chi connectivity index (χ4v) is 3.76. The Kier molecular flexibility index (Phi) is 5.35.